The molecule has 0 heterocycles. The normalized spacial score (nSPS) is 10.3. The summed E-state index contributed by atoms with van der Waals surface area (Å²) in [6.07, 6.45) is 4.14. The lowest BCUT2D eigenvalue weighted by Gasteiger charge is -2.12. The van der Waals surface area contributed by atoms with Gasteiger partial charge >= 0.3 is 0 Å². The van der Waals surface area contributed by atoms with E-state index in [-0.39, 0.29) is 0 Å². The molecule has 1 nitrogen and oxygen atoms in total. The molecule has 96 valence electrons. The minimum atomic E-state index is 0.966. The van der Waals surface area contributed by atoms with Crippen molar-refractivity contribution < 1.29 is 4.74 Å². The van der Waals surface area contributed by atoms with Gasteiger partial charge in [0.2, 0.25) is 0 Å². The van der Waals surface area contributed by atoms with Crippen LogP contribution in [0.4, 0.5) is 0 Å². The molecular formula is C17H22O. The molecule has 0 aliphatic carbocycles. The quantitative estimate of drug-likeness (QED) is 0.702. The first-order valence-electron chi connectivity index (χ1n) is 6.47. The van der Waals surface area contributed by atoms with Crippen molar-refractivity contribution >= 4 is 16.8 Å². The number of fused-ring (bicyclic) bond motifs is 1. The molecule has 0 spiro atoms. The largest absolute Gasteiger partial charge is 0.495 e. The van der Waals surface area contributed by atoms with E-state index < -0.39 is 0 Å². The lowest BCUT2D eigenvalue weighted by atomic mass is 10.00. The van der Waals surface area contributed by atoms with Gasteiger partial charge in [-0.3, -0.25) is 0 Å². The summed E-state index contributed by atoms with van der Waals surface area (Å²) < 4.78 is 5.54. The summed E-state index contributed by atoms with van der Waals surface area (Å²) in [5, 5.41) is 2.40. The van der Waals surface area contributed by atoms with Crippen molar-refractivity contribution in [1.82, 2.24) is 0 Å². The molecule has 2 rings (SSSR count). The number of allylic oxidation sites excluding steroid dienone is 1. The van der Waals surface area contributed by atoms with E-state index in [1.54, 1.807) is 7.11 Å². The zero-order valence-corrected chi connectivity index (χ0v) is 11.9. The van der Waals surface area contributed by atoms with E-state index in [1.165, 1.54) is 21.9 Å². The third-order valence-electron chi connectivity index (χ3n) is 2.78. The summed E-state index contributed by atoms with van der Waals surface area (Å²) in [4.78, 5) is 0. The van der Waals surface area contributed by atoms with Crippen molar-refractivity contribution in [3.05, 3.63) is 47.5 Å². The van der Waals surface area contributed by atoms with Gasteiger partial charge in [0.25, 0.3) is 0 Å². The summed E-state index contributed by atoms with van der Waals surface area (Å²) in [5.41, 5.74) is 2.41. The minimum absolute atomic E-state index is 0.966. The van der Waals surface area contributed by atoms with E-state index >= 15 is 0 Å². The summed E-state index contributed by atoms with van der Waals surface area (Å²) in [6.45, 7) is 8.14. The molecule has 18 heavy (non-hydrogen) atoms. The molecule has 0 aromatic heterocycles. The zero-order chi connectivity index (χ0) is 13.5. The van der Waals surface area contributed by atoms with Crippen molar-refractivity contribution in [3.8, 4) is 5.75 Å². The van der Waals surface area contributed by atoms with Crippen molar-refractivity contribution in [3.63, 3.8) is 0 Å². The van der Waals surface area contributed by atoms with Crippen LogP contribution in [-0.2, 0) is 0 Å². The van der Waals surface area contributed by atoms with Crippen LogP contribution in [0.3, 0.4) is 0 Å². The van der Waals surface area contributed by atoms with Crippen molar-refractivity contribution in [2.24, 2.45) is 0 Å². The van der Waals surface area contributed by atoms with Gasteiger partial charge in [0.1, 0.15) is 5.75 Å². The molecule has 2 aromatic rings. The van der Waals surface area contributed by atoms with Gasteiger partial charge < -0.3 is 4.74 Å². The lowest BCUT2D eigenvalue weighted by Crippen LogP contribution is -1.92. The molecule has 0 unspecified atom stereocenters. The monoisotopic (exact) mass is 242 g/mol. The van der Waals surface area contributed by atoms with Crippen molar-refractivity contribution in [1.29, 1.82) is 0 Å². The van der Waals surface area contributed by atoms with Crippen LogP contribution in [-0.4, -0.2) is 7.11 Å². The van der Waals surface area contributed by atoms with Crippen LogP contribution in [0.2, 0.25) is 0 Å². The van der Waals surface area contributed by atoms with Gasteiger partial charge in [-0.05, 0) is 24.8 Å². The fraction of sp³-hybridized carbons (Fsp3) is 0.294. The Labute approximate surface area is 110 Å². The van der Waals surface area contributed by atoms with E-state index in [1.807, 2.05) is 32.9 Å². The number of rotatable bonds is 2. The van der Waals surface area contributed by atoms with Gasteiger partial charge in [-0.2, -0.15) is 0 Å². The maximum Gasteiger partial charge on any atom is 0.134 e. The summed E-state index contributed by atoms with van der Waals surface area (Å²) in [7, 11) is 1.73. The molecule has 0 bridgehead atoms. The molecule has 2 aromatic carbocycles. The van der Waals surface area contributed by atoms with Gasteiger partial charge in [-0.15, -0.1) is 0 Å². The third kappa shape index (κ3) is 2.73. The third-order valence-corrected chi connectivity index (χ3v) is 2.78. The molecule has 0 saturated heterocycles. The van der Waals surface area contributed by atoms with Crippen LogP contribution in [0, 0.1) is 6.92 Å². The van der Waals surface area contributed by atoms with Gasteiger partial charge in [0, 0.05) is 10.9 Å². The van der Waals surface area contributed by atoms with Crippen LogP contribution in [0.15, 0.2) is 36.4 Å². The Bertz CT molecular complexity index is 539. The minimum Gasteiger partial charge on any atom is -0.495 e. The Morgan fingerprint density at radius 1 is 1.11 bits per heavy atom. The van der Waals surface area contributed by atoms with Gasteiger partial charge in [0.15, 0.2) is 0 Å². The molecule has 0 radical (unpaired) electrons. The average molecular weight is 242 g/mol. The maximum atomic E-state index is 5.54. The number of hydrogen-bond donors (Lipinski definition) is 0. The highest BCUT2D eigenvalue weighted by molar-refractivity contribution is 5.93. The van der Waals surface area contributed by atoms with Crippen LogP contribution >= 0.6 is 0 Å². The topological polar surface area (TPSA) is 9.23 Å². The van der Waals surface area contributed by atoms with Crippen LogP contribution in [0.25, 0.3) is 16.8 Å². The first kappa shape index (κ1) is 14.3. The summed E-state index contributed by atoms with van der Waals surface area (Å²) in [5.74, 6) is 0.966. The second kappa shape index (κ2) is 6.85. The number of methoxy groups -OCH3 is 1. The second-order valence-electron chi connectivity index (χ2n) is 3.86. The molecular weight excluding hydrogens is 220 g/mol. The Morgan fingerprint density at radius 2 is 1.78 bits per heavy atom. The Kier molecular flexibility index (Phi) is 5.44. The van der Waals surface area contributed by atoms with Gasteiger partial charge in [0.05, 0.1) is 7.11 Å². The van der Waals surface area contributed by atoms with Crippen molar-refractivity contribution in [2.75, 3.05) is 7.11 Å². The first-order valence-corrected chi connectivity index (χ1v) is 6.47. The summed E-state index contributed by atoms with van der Waals surface area (Å²) >= 11 is 0. The van der Waals surface area contributed by atoms with Crippen LogP contribution < -0.4 is 4.74 Å². The Balaban J connectivity index is 0.000000771. The molecule has 0 amide bonds. The lowest BCUT2D eigenvalue weighted by molar-refractivity contribution is 0.418. The van der Waals surface area contributed by atoms with E-state index in [0.29, 0.717) is 0 Å². The smallest absolute Gasteiger partial charge is 0.134 e. The fourth-order valence-corrected chi connectivity index (χ4v) is 2.06. The van der Waals surface area contributed by atoms with Gasteiger partial charge in [-0.25, -0.2) is 0 Å². The van der Waals surface area contributed by atoms with Crippen LogP contribution in [0.5, 0.6) is 5.75 Å². The Hall–Kier alpha value is -1.76. The molecule has 0 fully saturated rings. The molecule has 0 atom stereocenters. The highest BCUT2D eigenvalue weighted by Gasteiger charge is 2.08. The van der Waals surface area contributed by atoms with E-state index in [9.17, 15) is 0 Å². The predicted molar refractivity (Wildman–Crippen MR) is 81.3 cm³/mol. The van der Waals surface area contributed by atoms with Crippen LogP contribution in [0.1, 0.15) is 31.9 Å². The first-order chi connectivity index (χ1) is 8.77. The zero-order valence-electron chi connectivity index (χ0n) is 11.9. The molecule has 0 N–H and O–H groups in total. The molecule has 1 heteroatoms. The Morgan fingerprint density at radius 3 is 2.39 bits per heavy atom. The van der Waals surface area contributed by atoms with Gasteiger partial charge in [-0.1, -0.05) is 56.3 Å². The molecule has 0 saturated carbocycles. The van der Waals surface area contributed by atoms with Crippen molar-refractivity contribution in [2.45, 2.75) is 27.7 Å². The number of hydrogen-bond acceptors (Lipinski definition) is 1. The molecule has 0 aliphatic rings. The number of benzene rings is 2. The second-order valence-corrected chi connectivity index (χ2v) is 3.86. The molecule has 0 aliphatic heterocycles. The maximum absolute atomic E-state index is 5.54. The SMILES string of the molecule is C/C=C\c1c(C)cc2ccccc2c1OC.CC. The number of ether oxygens (including phenoxy) is 1. The average Bonchev–Trinajstić information content (AvgIpc) is 2.42. The standard InChI is InChI=1S/C15H16O.C2H6/c1-4-7-13-11(2)10-12-8-5-6-9-14(12)15(13)16-3;1-2/h4-10H,1-3H3;1-2H3/b7-4-;. The predicted octanol–water partition coefficient (Wildman–Crippen LogP) is 5.22. The number of aryl methyl sites for hydroxylation is 1. The highest BCUT2D eigenvalue weighted by Crippen LogP contribution is 2.33. The fourth-order valence-electron chi connectivity index (χ4n) is 2.06. The van der Waals surface area contributed by atoms with E-state index in [4.69, 9.17) is 4.74 Å². The highest BCUT2D eigenvalue weighted by atomic mass is 16.5. The summed E-state index contributed by atoms with van der Waals surface area (Å²) in [6, 6.07) is 10.5. The van der Waals surface area contributed by atoms with E-state index in [0.717, 1.165) is 5.75 Å². The van der Waals surface area contributed by atoms with E-state index in [2.05, 4.69) is 37.3 Å².